The lowest BCUT2D eigenvalue weighted by Gasteiger charge is -2.10. The molecular formula is C20H20BrNO3S. The third-order valence-electron chi connectivity index (χ3n) is 4.92. The molecule has 0 spiro atoms. The van der Waals surface area contributed by atoms with Gasteiger partial charge in [-0.05, 0) is 43.7 Å². The minimum Gasteiger partial charge on any atom is -0.380 e. The number of sulfone groups is 1. The number of ether oxygens (including phenoxy) is 1. The molecule has 3 unspecified atom stereocenters. The molecule has 0 radical (unpaired) electrons. The number of hydrogen-bond acceptors (Lipinski definition) is 4. The van der Waals surface area contributed by atoms with E-state index in [1.165, 1.54) is 0 Å². The van der Waals surface area contributed by atoms with Crippen molar-refractivity contribution in [2.24, 2.45) is 5.41 Å². The van der Waals surface area contributed by atoms with Crippen LogP contribution in [0.15, 0.2) is 57.9 Å². The number of nitrogens with zero attached hydrogens (tertiary/aromatic N) is 1. The van der Waals surface area contributed by atoms with Gasteiger partial charge in [-0.15, -0.1) is 0 Å². The first-order valence-corrected chi connectivity index (χ1v) is 10.8. The molecular weight excluding hydrogens is 414 g/mol. The normalized spacial score (nSPS) is 24.8. The maximum atomic E-state index is 13.3. The average molecular weight is 434 g/mol. The van der Waals surface area contributed by atoms with Gasteiger partial charge in [0.25, 0.3) is 0 Å². The predicted octanol–water partition coefficient (Wildman–Crippen LogP) is 4.24. The lowest BCUT2D eigenvalue weighted by Crippen LogP contribution is -2.19. The fourth-order valence-corrected chi connectivity index (χ4v) is 6.06. The van der Waals surface area contributed by atoms with Crippen LogP contribution in [0.2, 0.25) is 0 Å². The van der Waals surface area contributed by atoms with Gasteiger partial charge in [-0.25, -0.2) is 8.42 Å². The smallest absolute Gasteiger partial charge is 0.183 e. The second kappa shape index (κ2) is 7.15. The third kappa shape index (κ3) is 3.20. The maximum Gasteiger partial charge on any atom is 0.183 e. The van der Waals surface area contributed by atoms with Gasteiger partial charge in [-0.3, -0.25) is 0 Å². The van der Waals surface area contributed by atoms with Gasteiger partial charge in [0.2, 0.25) is 0 Å². The van der Waals surface area contributed by atoms with Gasteiger partial charge in [0.05, 0.1) is 22.8 Å². The zero-order valence-electron chi connectivity index (χ0n) is 14.6. The fraction of sp³-hybridized carbons (Fsp3) is 0.350. The minimum atomic E-state index is -3.65. The van der Waals surface area contributed by atoms with Crippen LogP contribution in [-0.4, -0.2) is 26.9 Å². The monoisotopic (exact) mass is 433 g/mol. The third-order valence-corrected chi connectivity index (χ3v) is 7.74. The van der Waals surface area contributed by atoms with Crippen LogP contribution in [0.1, 0.15) is 24.0 Å². The highest BCUT2D eigenvalue weighted by molar-refractivity contribution is 9.10. The van der Waals surface area contributed by atoms with Gasteiger partial charge < -0.3 is 4.74 Å². The van der Waals surface area contributed by atoms with Gasteiger partial charge in [-0.2, -0.15) is 5.26 Å². The summed E-state index contributed by atoms with van der Waals surface area (Å²) in [4.78, 5) is 0.254. The van der Waals surface area contributed by atoms with Crippen molar-refractivity contribution in [3.63, 3.8) is 0 Å². The van der Waals surface area contributed by atoms with Crippen molar-refractivity contribution in [2.45, 2.75) is 29.9 Å². The quantitative estimate of drug-likeness (QED) is 0.682. The molecule has 26 heavy (non-hydrogen) atoms. The molecule has 0 aliphatic heterocycles. The average Bonchev–Trinajstić information content (AvgIpc) is 3.31. The van der Waals surface area contributed by atoms with Crippen molar-refractivity contribution in [1.82, 2.24) is 0 Å². The molecule has 1 saturated carbocycles. The standard InChI is InChI=1S/C20H20BrNO3S/c1-3-25-13-20(12-22)18(15-6-8-16(21)9-7-15)19(20)26(23,24)17-10-4-14(2)5-11-17/h4-11,18-19H,3,13H2,1-2H3. The Bertz CT molecular complexity index is 933. The lowest BCUT2D eigenvalue weighted by molar-refractivity contribution is 0.117. The predicted molar refractivity (Wildman–Crippen MR) is 104 cm³/mol. The number of halogens is 1. The van der Waals surface area contributed by atoms with Crippen molar-refractivity contribution in [1.29, 1.82) is 5.26 Å². The van der Waals surface area contributed by atoms with E-state index in [1.54, 1.807) is 24.3 Å². The molecule has 4 nitrogen and oxygen atoms in total. The Balaban J connectivity index is 2.05. The Kier molecular flexibility index (Phi) is 5.25. The van der Waals surface area contributed by atoms with Crippen LogP contribution in [0.5, 0.6) is 0 Å². The lowest BCUT2D eigenvalue weighted by atomic mass is 10.0. The number of rotatable bonds is 6. The number of aryl methyl sites for hydroxylation is 1. The van der Waals surface area contributed by atoms with Crippen LogP contribution in [-0.2, 0) is 14.6 Å². The molecule has 0 bridgehead atoms. The molecule has 1 fully saturated rings. The first-order chi connectivity index (χ1) is 12.4. The summed E-state index contributed by atoms with van der Waals surface area (Å²) in [7, 11) is -3.65. The highest BCUT2D eigenvalue weighted by atomic mass is 79.9. The van der Waals surface area contributed by atoms with E-state index < -0.39 is 26.4 Å². The number of hydrogen-bond donors (Lipinski definition) is 0. The highest BCUT2D eigenvalue weighted by Gasteiger charge is 2.72. The van der Waals surface area contributed by atoms with Crippen LogP contribution >= 0.6 is 15.9 Å². The molecule has 2 aromatic rings. The van der Waals surface area contributed by atoms with E-state index in [0.29, 0.717) is 6.61 Å². The van der Waals surface area contributed by atoms with Gasteiger partial charge in [0.1, 0.15) is 5.41 Å². The zero-order chi connectivity index (χ0) is 18.9. The summed E-state index contributed by atoms with van der Waals surface area (Å²) in [6, 6.07) is 16.5. The molecule has 3 rings (SSSR count). The summed E-state index contributed by atoms with van der Waals surface area (Å²) in [5.41, 5.74) is 0.772. The molecule has 3 atom stereocenters. The summed E-state index contributed by atoms with van der Waals surface area (Å²) < 4.78 is 33.0. The Morgan fingerprint density at radius 2 is 1.77 bits per heavy atom. The second-order valence-corrected chi connectivity index (χ2v) is 9.58. The Morgan fingerprint density at radius 1 is 1.15 bits per heavy atom. The molecule has 0 N–H and O–H groups in total. The number of benzene rings is 2. The van der Waals surface area contributed by atoms with E-state index in [9.17, 15) is 13.7 Å². The van der Waals surface area contributed by atoms with Crippen molar-refractivity contribution < 1.29 is 13.2 Å². The molecule has 1 aliphatic carbocycles. The molecule has 0 heterocycles. The van der Waals surface area contributed by atoms with Gasteiger partial charge >= 0.3 is 0 Å². The van der Waals surface area contributed by atoms with E-state index in [4.69, 9.17) is 4.74 Å². The Morgan fingerprint density at radius 3 is 2.31 bits per heavy atom. The summed E-state index contributed by atoms with van der Waals surface area (Å²) in [6.45, 7) is 4.29. The van der Waals surface area contributed by atoms with Crippen LogP contribution < -0.4 is 0 Å². The van der Waals surface area contributed by atoms with E-state index in [2.05, 4.69) is 22.0 Å². The van der Waals surface area contributed by atoms with Crippen molar-refractivity contribution in [3.8, 4) is 6.07 Å². The van der Waals surface area contributed by atoms with Crippen molar-refractivity contribution >= 4 is 25.8 Å². The minimum absolute atomic E-state index is 0.108. The van der Waals surface area contributed by atoms with Gasteiger partial charge in [0, 0.05) is 17.0 Å². The van der Waals surface area contributed by atoms with Crippen LogP contribution in [0.3, 0.4) is 0 Å². The summed E-state index contributed by atoms with van der Waals surface area (Å²) in [6.07, 6.45) is 0. The molecule has 2 aromatic carbocycles. The molecule has 0 saturated heterocycles. The molecule has 136 valence electrons. The van der Waals surface area contributed by atoms with Crippen LogP contribution in [0.4, 0.5) is 0 Å². The van der Waals surface area contributed by atoms with Crippen LogP contribution in [0, 0.1) is 23.7 Å². The first kappa shape index (κ1) is 19.1. The Hall–Kier alpha value is -1.68. The van der Waals surface area contributed by atoms with Gasteiger partial charge in [-0.1, -0.05) is 45.8 Å². The topological polar surface area (TPSA) is 67.2 Å². The van der Waals surface area contributed by atoms with E-state index in [-0.39, 0.29) is 11.5 Å². The van der Waals surface area contributed by atoms with Crippen LogP contribution in [0.25, 0.3) is 0 Å². The SMILES string of the molecule is CCOCC1(C#N)C(c2ccc(Br)cc2)C1S(=O)(=O)c1ccc(C)cc1. The highest BCUT2D eigenvalue weighted by Crippen LogP contribution is 2.64. The summed E-state index contributed by atoms with van der Waals surface area (Å²) in [5, 5.41) is 9.08. The van der Waals surface area contributed by atoms with E-state index >= 15 is 0 Å². The second-order valence-electron chi connectivity index (χ2n) is 6.60. The van der Waals surface area contributed by atoms with Crippen molar-refractivity contribution in [2.75, 3.05) is 13.2 Å². The van der Waals surface area contributed by atoms with Gasteiger partial charge in [0.15, 0.2) is 9.84 Å². The molecule has 6 heteroatoms. The molecule has 0 aromatic heterocycles. The summed E-state index contributed by atoms with van der Waals surface area (Å²) in [5.74, 6) is -0.404. The zero-order valence-corrected chi connectivity index (χ0v) is 17.0. The Labute approximate surface area is 162 Å². The fourth-order valence-electron chi connectivity index (χ4n) is 3.49. The number of nitriles is 1. The largest absolute Gasteiger partial charge is 0.380 e. The van der Waals surface area contributed by atoms with E-state index in [0.717, 1.165) is 15.6 Å². The van der Waals surface area contributed by atoms with E-state index in [1.807, 2.05) is 38.1 Å². The molecule has 0 amide bonds. The maximum absolute atomic E-state index is 13.3. The first-order valence-electron chi connectivity index (χ1n) is 8.42. The summed E-state index contributed by atoms with van der Waals surface area (Å²) >= 11 is 3.39. The van der Waals surface area contributed by atoms with Crippen molar-refractivity contribution in [3.05, 3.63) is 64.1 Å². The molecule has 1 aliphatic rings.